The Labute approximate surface area is 96.0 Å². The Hall–Kier alpha value is -0.0400. The average molecular weight is 211 g/mol. The van der Waals surface area contributed by atoms with Crippen molar-refractivity contribution in [2.75, 3.05) is 7.05 Å². The Morgan fingerprint density at radius 2 is 1.87 bits per heavy atom. The monoisotopic (exact) mass is 211 g/mol. The zero-order chi connectivity index (χ0) is 11.3. The van der Waals surface area contributed by atoms with E-state index in [4.69, 9.17) is 0 Å². The third-order valence-electron chi connectivity index (χ3n) is 4.24. The Kier molecular flexibility index (Phi) is 5.66. The van der Waals surface area contributed by atoms with Gasteiger partial charge in [-0.1, -0.05) is 40.0 Å². The van der Waals surface area contributed by atoms with E-state index in [0.717, 1.165) is 23.8 Å². The van der Waals surface area contributed by atoms with Crippen molar-refractivity contribution in [2.45, 2.75) is 65.3 Å². The number of rotatable bonds is 5. The van der Waals surface area contributed by atoms with Crippen LogP contribution in [0.5, 0.6) is 0 Å². The Balaban J connectivity index is 2.46. The summed E-state index contributed by atoms with van der Waals surface area (Å²) < 4.78 is 0. The van der Waals surface area contributed by atoms with Gasteiger partial charge < -0.3 is 5.32 Å². The first-order valence-electron chi connectivity index (χ1n) is 6.86. The summed E-state index contributed by atoms with van der Waals surface area (Å²) in [6, 6.07) is 0.775. The van der Waals surface area contributed by atoms with Gasteiger partial charge in [0.2, 0.25) is 0 Å². The predicted molar refractivity (Wildman–Crippen MR) is 68.0 cm³/mol. The molecule has 0 heterocycles. The number of hydrogen-bond acceptors (Lipinski definition) is 1. The maximum atomic E-state index is 3.53. The molecule has 0 aliphatic heterocycles. The normalized spacial score (nSPS) is 29.4. The van der Waals surface area contributed by atoms with Crippen LogP contribution in [0.1, 0.15) is 59.3 Å². The fraction of sp³-hybridized carbons (Fsp3) is 1.00. The molecule has 0 aromatic rings. The second kappa shape index (κ2) is 6.52. The van der Waals surface area contributed by atoms with Crippen molar-refractivity contribution in [1.29, 1.82) is 0 Å². The van der Waals surface area contributed by atoms with E-state index in [-0.39, 0.29) is 0 Å². The first kappa shape index (κ1) is 13.0. The van der Waals surface area contributed by atoms with E-state index in [2.05, 4.69) is 33.1 Å². The minimum absolute atomic E-state index is 0.775. The van der Waals surface area contributed by atoms with E-state index in [1.165, 1.54) is 38.5 Å². The van der Waals surface area contributed by atoms with E-state index in [1.54, 1.807) is 0 Å². The quantitative estimate of drug-likeness (QED) is 0.728. The number of hydrogen-bond donors (Lipinski definition) is 1. The molecule has 1 N–H and O–H groups in total. The van der Waals surface area contributed by atoms with E-state index >= 15 is 0 Å². The van der Waals surface area contributed by atoms with E-state index in [0.29, 0.717) is 0 Å². The van der Waals surface area contributed by atoms with Crippen molar-refractivity contribution in [2.24, 2.45) is 17.8 Å². The SMILES string of the molecule is CCCC(NC)C1CCCC(C(C)C)C1. The van der Waals surface area contributed by atoms with Gasteiger partial charge in [0.1, 0.15) is 0 Å². The predicted octanol–water partition coefficient (Wildman–Crippen LogP) is 3.84. The molecule has 1 nitrogen and oxygen atoms in total. The van der Waals surface area contributed by atoms with Crippen LogP contribution in [0.15, 0.2) is 0 Å². The Morgan fingerprint density at radius 1 is 1.20 bits per heavy atom. The van der Waals surface area contributed by atoms with Gasteiger partial charge in [0.25, 0.3) is 0 Å². The lowest BCUT2D eigenvalue weighted by Crippen LogP contribution is -2.37. The largest absolute Gasteiger partial charge is 0.317 e. The molecule has 1 fully saturated rings. The zero-order valence-electron chi connectivity index (χ0n) is 11.1. The molecule has 15 heavy (non-hydrogen) atoms. The van der Waals surface area contributed by atoms with Crippen LogP contribution in [0, 0.1) is 17.8 Å². The standard InChI is InChI=1S/C14H29N/c1-5-7-14(15-4)13-9-6-8-12(10-13)11(2)3/h11-15H,5-10H2,1-4H3. The van der Waals surface area contributed by atoms with Crippen LogP contribution in [0.3, 0.4) is 0 Å². The maximum Gasteiger partial charge on any atom is 0.00923 e. The number of nitrogens with one attached hydrogen (secondary N) is 1. The molecule has 0 spiro atoms. The minimum Gasteiger partial charge on any atom is -0.317 e. The molecule has 1 rings (SSSR count). The summed E-state index contributed by atoms with van der Waals surface area (Å²) in [5, 5.41) is 3.53. The van der Waals surface area contributed by atoms with Gasteiger partial charge in [-0.25, -0.2) is 0 Å². The second-order valence-corrected chi connectivity index (χ2v) is 5.61. The molecule has 0 saturated heterocycles. The van der Waals surface area contributed by atoms with Gasteiger partial charge in [-0.05, 0) is 44.1 Å². The van der Waals surface area contributed by atoms with Crippen LogP contribution in [0.2, 0.25) is 0 Å². The van der Waals surface area contributed by atoms with Crippen LogP contribution >= 0.6 is 0 Å². The fourth-order valence-electron chi connectivity index (χ4n) is 3.16. The van der Waals surface area contributed by atoms with E-state index in [1.807, 2.05) is 0 Å². The lowest BCUT2D eigenvalue weighted by molar-refractivity contribution is 0.176. The minimum atomic E-state index is 0.775. The molecule has 3 unspecified atom stereocenters. The van der Waals surface area contributed by atoms with Gasteiger partial charge in [-0.15, -0.1) is 0 Å². The molecule has 1 heteroatoms. The van der Waals surface area contributed by atoms with Gasteiger partial charge in [-0.3, -0.25) is 0 Å². The Bertz CT molecular complexity index is 165. The molecule has 0 bridgehead atoms. The molecule has 90 valence electrons. The molecule has 1 aliphatic carbocycles. The van der Waals surface area contributed by atoms with E-state index in [9.17, 15) is 0 Å². The first-order chi connectivity index (χ1) is 7.19. The molecule has 3 atom stereocenters. The van der Waals surface area contributed by atoms with Crippen molar-refractivity contribution >= 4 is 0 Å². The van der Waals surface area contributed by atoms with Crippen molar-refractivity contribution in [3.63, 3.8) is 0 Å². The fourth-order valence-corrected chi connectivity index (χ4v) is 3.16. The molecule has 0 amide bonds. The molecule has 1 aliphatic rings. The molecule has 0 aromatic carbocycles. The molecule has 0 aromatic heterocycles. The third kappa shape index (κ3) is 3.79. The van der Waals surface area contributed by atoms with Gasteiger partial charge in [0, 0.05) is 6.04 Å². The molecular formula is C14H29N. The highest BCUT2D eigenvalue weighted by Gasteiger charge is 2.28. The van der Waals surface area contributed by atoms with Crippen molar-refractivity contribution in [3.8, 4) is 0 Å². The van der Waals surface area contributed by atoms with Crippen LogP contribution in [0.4, 0.5) is 0 Å². The lowest BCUT2D eigenvalue weighted by Gasteiger charge is -2.36. The summed E-state index contributed by atoms with van der Waals surface area (Å²) >= 11 is 0. The molecular weight excluding hydrogens is 182 g/mol. The van der Waals surface area contributed by atoms with E-state index < -0.39 is 0 Å². The Morgan fingerprint density at radius 3 is 2.40 bits per heavy atom. The smallest absolute Gasteiger partial charge is 0.00923 e. The third-order valence-corrected chi connectivity index (χ3v) is 4.24. The lowest BCUT2D eigenvalue weighted by atomic mass is 9.73. The molecule has 1 saturated carbocycles. The summed E-state index contributed by atoms with van der Waals surface area (Å²) in [7, 11) is 2.14. The van der Waals surface area contributed by atoms with Crippen LogP contribution in [0.25, 0.3) is 0 Å². The molecule has 0 radical (unpaired) electrons. The maximum absolute atomic E-state index is 3.53. The highest BCUT2D eigenvalue weighted by Crippen LogP contribution is 2.36. The summed E-state index contributed by atoms with van der Waals surface area (Å²) in [5.74, 6) is 2.81. The highest BCUT2D eigenvalue weighted by atomic mass is 14.9. The van der Waals surface area contributed by atoms with Gasteiger partial charge >= 0.3 is 0 Å². The van der Waals surface area contributed by atoms with Crippen LogP contribution in [-0.2, 0) is 0 Å². The van der Waals surface area contributed by atoms with Gasteiger partial charge in [0.15, 0.2) is 0 Å². The summed E-state index contributed by atoms with van der Waals surface area (Å²) in [5.41, 5.74) is 0. The highest BCUT2D eigenvalue weighted by molar-refractivity contribution is 4.82. The zero-order valence-corrected chi connectivity index (χ0v) is 11.1. The van der Waals surface area contributed by atoms with Crippen molar-refractivity contribution < 1.29 is 0 Å². The summed E-state index contributed by atoms with van der Waals surface area (Å²) in [6.07, 6.45) is 8.50. The van der Waals surface area contributed by atoms with Crippen LogP contribution < -0.4 is 5.32 Å². The van der Waals surface area contributed by atoms with Crippen LogP contribution in [-0.4, -0.2) is 13.1 Å². The topological polar surface area (TPSA) is 12.0 Å². The second-order valence-electron chi connectivity index (χ2n) is 5.61. The average Bonchev–Trinajstić information content (AvgIpc) is 2.26. The van der Waals surface area contributed by atoms with Gasteiger partial charge in [0.05, 0.1) is 0 Å². The first-order valence-corrected chi connectivity index (χ1v) is 6.86. The van der Waals surface area contributed by atoms with Crippen molar-refractivity contribution in [3.05, 3.63) is 0 Å². The summed E-state index contributed by atoms with van der Waals surface area (Å²) in [4.78, 5) is 0. The van der Waals surface area contributed by atoms with Crippen molar-refractivity contribution in [1.82, 2.24) is 5.32 Å². The summed E-state index contributed by atoms with van der Waals surface area (Å²) in [6.45, 7) is 7.08. The van der Waals surface area contributed by atoms with Gasteiger partial charge in [-0.2, -0.15) is 0 Å².